The van der Waals surface area contributed by atoms with Crippen LogP contribution in [0.25, 0.3) is 0 Å². The summed E-state index contributed by atoms with van der Waals surface area (Å²) >= 11 is 0. The van der Waals surface area contributed by atoms with Crippen molar-refractivity contribution in [2.45, 2.75) is 24.5 Å². The van der Waals surface area contributed by atoms with Crippen LogP contribution in [0, 0.1) is 0 Å². The molecule has 0 aromatic carbocycles. The van der Waals surface area contributed by atoms with Crippen molar-refractivity contribution in [2.75, 3.05) is 21.1 Å². The summed E-state index contributed by atoms with van der Waals surface area (Å²) in [6.07, 6.45) is 5.61. The summed E-state index contributed by atoms with van der Waals surface area (Å²) in [5.41, 5.74) is 0. The Bertz CT molecular complexity index is 156. The molecule has 12 heavy (non-hydrogen) atoms. The Kier molecular flexibility index (Phi) is 3.72. The Morgan fingerprint density at radius 2 is 1.75 bits per heavy atom. The van der Waals surface area contributed by atoms with E-state index in [9.17, 15) is 0 Å². The third kappa shape index (κ3) is 2.06. The molecule has 1 aliphatic rings. The van der Waals surface area contributed by atoms with Gasteiger partial charge < -0.3 is 16.0 Å². The standard InChI is InChI=1S/C9H19N3/c1-10-7-4-5-8(11-2)9(6-7)12-3/h4-5,7-12H,6H2,1-3H3. The molecule has 0 radical (unpaired) electrons. The molecule has 70 valence electrons. The van der Waals surface area contributed by atoms with Crippen molar-refractivity contribution < 1.29 is 0 Å². The van der Waals surface area contributed by atoms with Crippen molar-refractivity contribution in [1.82, 2.24) is 16.0 Å². The maximum Gasteiger partial charge on any atom is 0.0404 e. The van der Waals surface area contributed by atoms with Crippen LogP contribution in [0.1, 0.15) is 6.42 Å². The van der Waals surface area contributed by atoms with Gasteiger partial charge in [-0.3, -0.25) is 0 Å². The molecule has 0 aliphatic heterocycles. The minimum atomic E-state index is 0.472. The monoisotopic (exact) mass is 169 g/mol. The predicted octanol–water partition coefficient (Wildman–Crippen LogP) is -0.290. The minimum absolute atomic E-state index is 0.472. The van der Waals surface area contributed by atoms with Crippen molar-refractivity contribution >= 4 is 0 Å². The Morgan fingerprint density at radius 1 is 1.00 bits per heavy atom. The van der Waals surface area contributed by atoms with Crippen LogP contribution in [0.15, 0.2) is 12.2 Å². The molecule has 0 fully saturated rings. The minimum Gasteiger partial charge on any atom is -0.315 e. The Labute approximate surface area is 74.6 Å². The molecule has 3 unspecified atom stereocenters. The van der Waals surface area contributed by atoms with Crippen molar-refractivity contribution in [2.24, 2.45) is 0 Å². The lowest BCUT2D eigenvalue weighted by atomic mass is 9.93. The second-order valence-corrected chi connectivity index (χ2v) is 3.23. The highest BCUT2D eigenvalue weighted by Gasteiger charge is 2.22. The van der Waals surface area contributed by atoms with Crippen molar-refractivity contribution in [1.29, 1.82) is 0 Å². The van der Waals surface area contributed by atoms with E-state index in [1.807, 2.05) is 21.1 Å². The predicted molar refractivity (Wildman–Crippen MR) is 52.3 cm³/mol. The molecule has 1 aliphatic carbocycles. The highest BCUT2D eigenvalue weighted by Crippen LogP contribution is 2.11. The van der Waals surface area contributed by atoms with E-state index in [2.05, 4.69) is 28.1 Å². The molecule has 0 spiro atoms. The lowest BCUT2D eigenvalue weighted by Crippen LogP contribution is -2.49. The fourth-order valence-corrected chi connectivity index (χ4v) is 1.70. The molecule has 3 N–H and O–H groups in total. The maximum atomic E-state index is 3.32. The van der Waals surface area contributed by atoms with Crippen LogP contribution >= 0.6 is 0 Å². The SMILES string of the molecule is CNC1C=CC(NC)C(NC)C1. The van der Waals surface area contributed by atoms with E-state index in [4.69, 9.17) is 0 Å². The normalized spacial score (nSPS) is 35.4. The molecule has 3 nitrogen and oxygen atoms in total. The van der Waals surface area contributed by atoms with Gasteiger partial charge in [0.15, 0.2) is 0 Å². The van der Waals surface area contributed by atoms with Gasteiger partial charge in [-0.2, -0.15) is 0 Å². The molecular weight excluding hydrogens is 150 g/mol. The van der Waals surface area contributed by atoms with Gasteiger partial charge in [-0.25, -0.2) is 0 Å². The summed E-state index contributed by atoms with van der Waals surface area (Å²) in [4.78, 5) is 0. The molecule has 0 aromatic rings. The number of hydrogen-bond acceptors (Lipinski definition) is 3. The third-order valence-corrected chi connectivity index (χ3v) is 2.57. The number of hydrogen-bond donors (Lipinski definition) is 3. The van der Waals surface area contributed by atoms with Gasteiger partial charge in [0.05, 0.1) is 0 Å². The summed E-state index contributed by atoms with van der Waals surface area (Å²) in [5, 5.41) is 9.85. The van der Waals surface area contributed by atoms with E-state index in [0.29, 0.717) is 18.1 Å². The largest absolute Gasteiger partial charge is 0.315 e. The first-order valence-corrected chi connectivity index (χ1v) is 4.52. The molecule has 0 heterocycles. The van der Waals surface area contributed by atoms with Gasteiger partial charge in [0.1, 0.15) is 0 Å². The Morgan fingerprint density at radius 3 is 2.25 bits per heavy atom. The molecule has 0 bridgehead atoms. The fourth-order valence-electron chi connectivity index (χ4n) is 1.70. The molecule has 3 heteroatoms. The van der Waals surface area contributed by atoms with E-state index in [-0.39, 0.29) is 0 Å². The van der Waals surface area contributed by atoms with E-state index in [0.717, 1.165) is 6.42 Å². The summed E-state index contributed by atoms with van der Waals surface area (Å²) < 4.78 is 0. The van der Waals surface area contributed by atoms with E-state index in [1.165, 1.54) is 0 Å². The summed E-state index contributed by atoms with van der Waals surface area (Å²) in [6, 6.07) is 1.53. The Balaban J connectivity index is 2.56. The smallest absolute Gasteiger partial charge is 0.0404 e. The first-order chi connectivity index (χ1) is 5.81. The maximum absolute atomic E-state index is 3.32. The van der Waals surface area contributed by atoms with Gasteiger partial charge in [0.25, 0.3) is 0 Å². The van der Waals surface area contributed by atoms with Crippen molar-refractivity contribution in [3.05, 3.63) is 12.2 Å². The zero-order valence-electron chi connectivity index (χ0n) is 8.09. The molecule has 3 atom stereocenters. The van der Waals surface area contributed by atoms with Crippen molar-refractivity contribution in [3.63, 3.8) is 0 Å². The van der Waals surface area contributed by atoms with Crippen molar-refractivity contribution in [3.8, 4) is 0 Å². The summed E-state index contributed by atoms with van der Waals surface area (Å²) in [6.45, 7) is 0. The molecule has 0 saturated carbocycles. The van der Waals surface area contributed by atoms with Gasteiger partial charge in [-0.15, -0.1) is 0 Å². The van der Waals surface area contributed by atoms with Crippen LogP contribution in [0.4, 0.5) is 0 Å². The van der Waals surface area contributed by atoms with E-state index in [1.54, 1.807) is 0 Å². The second-order valence-electron chi connectivity index (χ2n) is 3.23. The van der Waals surface area contributed by atoms with Gasteiger partial charge >= 0.3 is 0 Å². The fraction of sp³-hybridized carbons (Fsp3) is 0.778. The van der Waals surface area contributed by atoms with Gasteiger partial charge in [-0.1, -0.05) is 12.2 Å². The molecule has 1 rings (SSSR count). The topological polar surface area (TPSA) is 36.1 Å². The summed E-state index contributed by atoms with van der Waals surface area (Å²) in [7, 11) is 6.02. The average Bonchev–Trinajstić information content (AvgIpc) is 2.16. The first-order valence-electron chi connectivity index (χ1n) is 4.52. The van der Waals surface area contributed by atoms with Crippen LogP contribution in [0.5, 0.6) is 0 Å². The number of nitrogens with one attached hydrogen (secondary N) is 3. The highest BCUT2D eigenvalue weighted by atomic mass is 15.0. The average molecular weight is 169 g/mol. The highest BCUT2D eigenvalue weighted by molar-refractivity contribution is 5.10. The Hall–Kier alpha value is -0.380. The van der Waals surface area contributed by atoms with E-state index >= 15 is 0 Å². The van der Waals surface area contributed by atoms with Crippen LogP contribution in [0.2, 0.25) is 0 Å². The zero-order valence-corrected chi connectivity index (χ0v) is 8.09. The summed E-state index contributed by atoms with van der Waals surface area (Å²) in [5.74, 6) is 0. The lowest BCUT2D eigenvalue weighted by Gasteiger charge is -2.31. The lowest BCUT2D eigenvalue weighted by molar-refractivity contribution is 0.387. The molecule has 0 aromatic heterocycles. The second kappa shape index (κ2) is 4.60. The van der Waals surface area contributed by atoms with Crippen LogP contribution < -0.4 is 16.0 Å². The van der Waals surface area contributed by atoms with Gasteiger partial charge in [0.2, 0.25) is 0 Å². The molecule has 0 amide bonds. The van der Waals surface area contributed by atoms with Gasteiger partial charge in [0, 0.05) is 18.1 Å². The van der Waals surface area contributed by atoms with E-state index < -0.39 is 0 Å². The zero-order chi connectivity index (χ0) is 8.97. The van der Waals surface area contributed by atoms with Crippen LogP contribution in [-0.2, 0) is 0 Å². The van der Waals surface area contributed by atoms with Crippen LogP contribution in [0.3, 0.4) is 0 Å². The molecule has 0 saturated heterocycles. The quantitative estimate of drug-likeness (QED) is 0.508. The third-order valence-electron chi connectivity index (χ3n) is 2.57. The van der Waals surface area contributed by atoms with Crippen LogP contribution in [-0.4, -0.2) is 39.3 Å². The molecular formula is C9H19N3. The number of rotatable bonds is 3. The first kappa shape index (κ1) is 9.71. The van der Waals surface area contributed by atoms with Gasteiger partial charge in [-0.05, 0) is 27.6 Å². The number of likely N-dealkylation sites (N-methyl/N-ethyl adjacent to an activating group) is 3.